The van der Waals surface area contributed by atoms with Gasteiger partial charge in [0.25, 0.3) is 0 Å². The normalized spacial score (nSPS) is 11.7. The van der Waals surface area contributed by atoms with Crippen molar-refractivity contribution in [3.8, 4) is 28.2 Å². The molecule has 2 aromatic carbocycles. The van der Waals surface area contributed by atoms with Crippen molar-refractivity contribution in [3.05, 3.63) is 66.7 Å². The number of tetrazole rings is 1. The van der Waals surface area contributed by atoms with Gasteiger partial charge in [-0.05, 0) is 34.5 Å². The largest absolute Gasteiger partial charge is 0.417 e. The molecule has 0 saturated heterocycles. The molecule has 0 bridgehead atoms. The first kappa shape index (κ1) is 16.0. The first-order valence-electron chi connectivity index (χ1n) is 7.56. The lowest BCUT2D eigenvalue weighted by atomic mass is 9.96. The predicted molar refractivity (Wildman–Crippen MR) is 87.2 cm³/mol. The van der Waals surface area contributed by atoms with Crippen molar-refractivity contribution < 1.29 is 13.2 Å². The molecule has 0 aliphatic rings. The van der Waals surface area contributed by atoms with Gasteiger partial charge >= 0.3 is 6.18 Å². The minimum absolute atomic E-state index is 0.0851. The highest BCUT2D eigenvalue weighted by atomic mass is 19.4. The third-order valence-corrected chi connectivity index (χ3v) is 3.91. The Bertz CT molecular complexity index is 1010. The van der Waals surface area contributed by atoms with Crippen LogP contribution < -0.4 is 0 Å². The van der Waals surface area contributed by atoms with Crippen molar-refractivity contribution in [2.24, 2.45) is 0 Å². The average Bonchev–Trinajstić information content (AvgIpc) is 3.34. The maximum absolute atomic E-state index is 13.6. The number of nitrogens with zero attached hydrogens (tertiary/aromatic N) is 5. The van der Waals surface area contributed by atoms with Crippen LogP contribution in [0.5, 0.6) is 0 Å². The van der Waals surface area contributed by atoms with Gasteiger partial charge in [0.2, 0.25) is 5.82 Å². The Morgan fingerprint density at radius 3 is 2.35 bits per heavy atom. The van der Waals surface area contributed by atoms with E-state index >= 15 is 0 Å². The molecule has 0 aliphatic heterocycles. The van der Waals surface area contributed by atoms with Crippen LogP contribution >= 0.6 is 0 Å². The Kier molecular flexibility index (Phi) is 3.76. The van der Waals surface area contributed by atoms with E-state index in [1.165, 1.54) is 6.07 Å². The molecule has 0 saturated carbocycles. The van der Waals surface area contributed by atoms with Crippen molar-refractivity contribution >= 4 is 0 Å². The Balaban J connectivity index is 1.78. The summed E-state index contributed by atoms with van der Waals surface area (Å²) in [7, 11) is 0. The number of nitrogens with one attached hydrogen (secondary N) is 1. The van der Waals surface area contributed by atoms with E-state index in [-0.39, 0.29) is 17.0 Å². The van der Waals surface area contributed by atoms with Gasteiger partial charge in [-0.2, -0.15) is 18.4 Å². The summed E-state index contributed by atoms with van der Waals surface area (Å²) < 4.78 is 42.5. The van der Waals surface area contributed by atoms with Gasteiger partial charge in [-0.1, -0.05) is 24.3 Å². The highest BCUT2D eigenvalue weighted by Crippen LogP contribution is 2.39. The maximum Gasteiger partial charge on any atom is 0.417 e. The smallest absolute Gasteiger partial charge is 0.306 e. The maximum atomic E-state index is 13.6. The summed E-state index contributed by atoms with van der Waals surface area (Å²) >= 11 is 0. The number of imidazole rings is 1. The van der Waals surface area contributed by atoms with Crippen molar-refractivity contribution in [2.45, 2.75) is 6.18 Å². The first-order valence-corrected chi connectivity index (χ1v) is 7.56. The van der Waals surface area contributed by atoms with Crippen LogP contribution in [0.2, 0.25) is 0 Å². The van der Waals surface area contributed by atoms with Crippen LogP contribution in [-0.4, -0.2) is 30.2 Å². The van der Waals surface area contributed by atoms with Crippen molar-refractivity contribution in [3.63, 3.8) is 0 Å². The van der Waals surface area contributed by atoms with Gasteiger partial charge in [-0.15, -0.1) is 10.2 Å². The van der Waals surface area contributed by atoms with Gasteiger partial charge in [-0.3, -0.25) is 0 Å². The molecule has 130 valence electrons. The van der Waals surface area contributed by atoms with Crippen LogP contribution in [0.1, 0.15) is 5.56 Å². The Labute approximate surface area is 145 Å². The molecule has 0 radical (unpaired) electrons. The van der Waals surface area contributed by atoms with E-state index < -0.39 is 11.7 Å². The van der Waals surface area contributed by atoms with Gasteiger partial charge in [0.05, 0.1) is 11.9 Å². The van der Waals surface area contributed by atoms with Gasteiger partial charge in [0.15, 0.2) is 0 Å². The number of aromatic nitrogens is 6. The molecule has 0 spiro atoms. The van der Waals surface area contributed by atoms with Crippen molar-refractivity contribution in [2.75, 3.05) is 0 Å². The fourth-order valence-electron chi connectivity index (χ4n) is 2.68. The number of alkyl halides is 3. The zero-order valence-corrected chi connectivity index (χ0v) is 13.1. The fourth-order valence-corrected chi connectivity index (χ4v) is 2.68. The minimum Gasteiger partial charge on any atom is -0.306 e. The van der Waals surface area contributed by atoms with Crippen LogP contribution in [0.15, 0.2) is 61.2 Å². The highest BCUT2D eigenvalue weighted by molar-refractivity contribution is 5.73. The van der Waals surface area contributed by atoms with Crippen molar-refractivity contribution in [1.82, 2.24) is 30.2 Å². The second-order valence-electron chi connectivity index (χ2n) is 5.51. The lowest BCUT2D eigenvalue weighted by Crippen LogP contribution is -2.07. The summed E-state index contributed by atoms with van der Waals surface area (Å²) in [6, 6.07) is 10.8. The molecule has 1 N–H and O–H groups in total. The summed E-state index contributed by atoms with van der Waals surface area (Å²) in [5.74, 6) is 0.109. The Hall–Kier alpha value is -3.49. The summed E-state index contributed by atoms with van der Waals surface area (Å²) in [5, 5.41) is 13.1. The topological polar surface area (TPSA) is 72.3 Å². The number of hydrogen-bond donors (Lipinski definition) is 1. The summed E-state index contributed by atoms with van der Waals surface area (Å²) in [4.78, 5) is 3.95. The Morgan fingerprint density at radius 2 is 1.73 bits per heavy atom. The molecule has 2 aromatic heterocycles. The quantitative estimate of drug-likeness (QED) is 0.607. The van der Waals surface area contributed by atoms with Gasteiger partial charge in [0.1, 0.15) is 0 Å². The summed E-state index contributed by atoms with van der Waals surface area (Å²) in [6.07, 6.45) is 0.496. The van der Waals surface area contributed by atoms with E-state index in [2.05, 4.69) is 25.6 Å². The van der Waals surface area contributed by atoms with Crippen molar-refractivity contribution in [1.29, 1.82) is 0 Å². The number of halogens is 3. The second kappa shape index (κ2) is 6.10. The van der Waals surface area contributed by atoms with E-state index in [1.54, 1.807) is 53.6 Å². The molecular formula is C17H11F3N6. The lowest BCUT2D eigenvalue weighted by molar-refractivity contribution is -0.137. The molecule has 4 rings (SSSR count). The molecule has 9 heteroatoms. The van der Waals surface area contributed by atoms with E-state index in [9.17, 15) is 13.2 Å². The molecule has 0 fully saturated rings. The second-order valence-corrected chi connectivity index (χ2v) is 5.51. The highest BCUT2D eigenvalue weighted by Gasteiger charge is 2.34. The molecule has 0 atom stereocenters. The van der Waals surface area contributed by atoms with Gasteiger partial charge in [0, 0.05) is 23.6 Å². The van der Waals surface area contributed by atoms with E-state index in [0.29, 0.717) is 5.56 Å². The molecule has 6 nitrogen and oxygen atoms in total. The molecule has 0 amide bonds. The molecule has 0 unspecified atom stereocenters. The number of aromatic amines is 1. The molecule has 2 heterocycles. The van der Waals surface area contributed by atoms with E-state index in [0.717, 1.165) is 11.8 Å². The molecule has 26 heavy (non-hydrogen) atoms. The fraction of sp³-hybridized carbons (Fsp3) is 0.0588. The molecular weight excluding hydrogens is 345 g/mol. The van der Waals surface area contributed by atoms with Gasteiger partial charge < -0.3 is 4.57 Å². The van der Waals surface area contributed by atoms with E-state index in [4.69, 9.17) is 0 Å². The number of rotatable bonds is 3. The third-order valence-electron chi connectivity index (χ3n) is 3.91. The molecule has 4 aromatic rings. The van der Waals surface area contributed by atoms with Crippen LogP contribution in [0.4, 0.5) is 13.2 Å². The number of benzene rings is 2. The SMILES string of the molecule is FC(F)(F)c1cc(-c2nn[nH]n2)ccc1-c1ccc(-n2ccnc2)cc1. The predicted octanol–water partition coefficient (Wildman–Crippen LogP) is 3.74. The van der Waals surface area contributed by atoms with E-state index in [1.807, 2.05) is 0 Å². The van der Waals surface area contributed by atoms with Gasteiger partial charge in [-0.25, -0.2) is 4.98 Å². The monoisotopic (exact) mass is 356 g/mol. The number of H-pyrrole nitrogens is 1. The van der Waals surface area contributed by atoms with Crippen LogP contribution in [0.25, 0.3) is 28.2 Å². The standard InChI is InChI=1S/C17H11F3N6/c18-17(19,20)15-9-12(16-22-24-25-23-16)3-6-14(15)11-1-4-13(5-2-11)26-8-7-21-10-26/h1-10H,(H,22,23,24,25). The third kappa shape index (κ3) is 2.94. The zero-order chi connectivity index (χ0) is 18.1. The summed E-state index contributed by atoms with van der Waals surface area (Å²) in [6.45, 7) is 0. The van der Waals surface area contributed by atoms with Crippen LogP contribution in [-0.2, 0) is 6.18 Å². The first-order chi connectivity index (χ1) is 12.5. The average molecular weight is 356 g/mol. The number of hydrogen-bond acceptors (Lipinski definition) is 4. The Morgan fingerprint density at radius 1 is 0.962 bits per heavy atom. The zero-order valence-electron chi connectivity index (χ0n) is 13.1. The minimum atomic E-state index is -4.52. The van der Waals surface area contributed by atoms with Crippen LogP contribution in [0.3, 0.4) is 0 Å². The summed E-state index contributed by atoms with van der Waals surface area (Å²) in [5.41, 5.74) is 0.839. The van der Waals surface area contributed by atoms with Crippen LogP contribution in [0, 0.1) is 0 Å². The lowest BCUT2D eigenvalue weighted by Gasteiger charge is -2.14. The molecule has 0 aliphatic carbocycles.